The smallest absolute Gasteiger partial charge is 0.250 e. The molecular weight excluding hydrogens is 226 g/mol. The third-order valence-corrected chi connectivity index (χ3v) is 3.41. The number of aromatic nitrogens is 1. The van der Waals surface area contributed by atoms with E-state index in [9.17, 15) is 4.79 Å². The average molecular weight is 241 g/mol. The van der Waals surface area contributed by atoms with Crippen molar-refractivity contribution in [3.63, 3.8) is 0 Å². The predicted octanol–water partition coefficient (Wildman–Crippen LogP) is 2.42. The van der Waals surface area contributed by atoms with Crippen LogP contribution in [-0.2, 0) is 13.5 Å². The van der Waals surface area contributed by atoms with Crippen LogP contribution in [-0.4, -0.2) is 11.2 Å². The van der Waals surface area contributed by atoms with E-state index in [0.29, 0.717) is 6.61 Å². The molecule has 1 aliphatic heterocycles. The lowest BCUT2D eigenvalue weighted by Crippen LogP contribution is -2.15. The fourth-order valence-corrected chi connectivity index (χ4v) is 2.40. The number of nitrogens with zero attached hydrogens (tertiary/aromatic N) is 1. The first-order valence-corrected chi connectivity index (χ1v) is 6.17. The van der Waals surface area contributed by atoms with Crippen molar-refractivity contribution in [2.75, 3.05) is 6.61 Å². The minimum atomic E-state index is 0.0183. The number of ether oxygens (including phenoxy) is 1. The quantitative estimate of drug-likeness (QED) is 0.663. The van der Waals surface area contributed by atoms with Crippen LogP contribution in [0, 0.1) is 0 Å². The van der Waals surface area contributed by atoms with Crippen molar-refractivity contribution >= 4 is 10.9 Å². The van der Waals surface area contributed by atoms with Gasteiger partial charge in [-0.1, -0.05) is 12.2 Å². The summed E-state index contributed by atoms with van der Waals surface area (Å²) in [7, 11) is 1.80. The molecule has 0 bridgehead atoms. The van der Waals surface area contributed by atoms with Crippen LogP contribution >= 0.6 is 0 Å². The highest BCUT2D eigenvalue weighted by molar-refractivity contribution is 5.85. The lowest BCUT2D eigenvalue weighted by molar-refractivity contribution is 0.321. The van der Waals surface area contributed by atoms with E-state index < -0.39 is 0 Å². The van der Waals surface area contributed by atoms with E-state index in [-0.39, 0.29) is 5.56 Å². The van der Waals surface area contributed by atoms with Crippen LogP contribution in [0.25, 0.3) is 10.9 Å². The molecule has 0 fully saturated rings. The molecule has 0 spiro atoms. The highest BCUT2D eigenvalue weighted by Gasteiger charge is 2.11. The molecule has 2 aromatic rings. The highest BCUT2D eigenvalue weighted by atomic mass is 16.5. The van der Waals surface area contributed by atoms with E-state index in [1.54, 1.807) is 17.7 Å². The maximum Gasteiger partial charge on any atom is 0.250 e. The first-order valence-electron chi connectivity index (χ1n) is 6.17. The Morgan fingerprint density at radius 1 is 1.17 bits per heavy atom. The third-order valence-electron chi connectivity index (χ3n) is 3.41. The van der Waals surface area contributed by atoms with E-state index in [0.717, 1.165) is 29.5 Å². The summed E-state index contributed by atoms with van der Waals surface area (Å²) in [6, 6.07) is 7.44. The van der Waals surface area contributed by atoms with E-state index >= 15 is 0 Å². The average Bonchev–Trinajstić information content (AvgIpc) is 2.34. The van der Waals surface area contributed by atoms with E-state index in [1.165, 1.54) is 5.56 Å². The highest BCUT2D eigenvalue weighted by Crippen LogP contribution is 2.29. The molecule has 0 amide bonds. The van der Waals surface area contributed by atoms with Crippen LogP contribution in [0.1, 0.15) is 12.0 Å². The van der Waals surface area contributed by atoms with Crippen molar-refractivity contribution in [2.45, 2.75) is 12.8 Å². The number of rotatable bonds is 0. The summed E-state index contributed by atoms with van der Waals surface area (Å²) in [6.07, 6.45) is 6.12. The van der Waals surface area contributed by atoms with E-state index in [4.69, 9.17) is 4.74 Å². The number of hydrogen-bond acceptors (Lipinski definition) is 2. The van der Waals surface area contributed by atoms with Crippen LogP contribution in [0.3, 0.4) is 0 Å². The van der Waals surface area contributed by atoms with Gasteiger partial charge in [-0.2, -0.15) is 0 Å². The molecular formula is C15H15NO2. The second-order valence-electron chi connectivity index (χ2n) is 4.52. The second kappa shape index (κ2) is 4.33. The molecule has 3 nitrogen and oxygen atoms in total. The van der Waals surface area contributed by atoms with Gasteiger partial charge in [-0.15, -0.1) is 0 Å². The zero-order chi connectivity index (χ0) is 12.5. The van der Waals surface area contributed by atoms with Crippen molar-refractivity contribution < 1.29 is 4.74 Å². The summed E-state index contributed by atoms with van der Waals surface area (Å²) in [5, 5.41) is 1.10. The van der Waals surface area contributed by atoms with Gasteiger partial charge in [-0.25, -0.2) is 0 Å². The summed E-state index contributed by atoms with van der Waals surface area (Å²) in [5.74, 6) is 0.936. The molecule has 92 valence electrons. The Morgan fingerprint density at radius 2 is 2.06 bits per heavy atom. The molecule has 0 unspecified atom stereocenters. The number of benzene rings is 1. The Bertz CT molecular complexity index is 683. The van der Waals surface area contributed by atoms with Crippen molar-refractivity contribution in [1.82, 2.24) is 4.57 Å². The number of pyridine rings is 1. The minimum absolute atomic E-state index is 0.0183. The van der Waals surface area contributed by atoms with Crippen molar-refractivity contribution in [3.05, 3.63) is 52.3 Å². The van der Waals surface area contributed by atoms with Crippen LogP contribution < -0.4 is 10.3 Å². The van der Waals surface area contributed by atoms with Gasteiger partial charge in [0.25, 0.3) is 5.56 Å². The molecule has 2 heterocycles. The van der Waals surface area contributed by atoms with Gasteiger partial charge < -0.3 is 9.30 Å². The number of hydrogen-bond donors (Lipinski definition) is 0. The zero-order valence-electron chi connectivity index (χ0n) is 10.3. The first kappa shape index (κ1) is 11.1. The monoisotopic (exact) mass is 241 g/mol. The Morgan fingerprint density at radius 3 is 2.94 bits per heavy atom. The molecule has 0 atom stereocenters. The van der Waals surface area contributed by atoms with Gasteiger partial charge in [-0.05, 0) is 31.0 Å². The van der Waals surface area contributed by atoms with E-state index in [2.05, 4.69) is 12.2 Å². The van der Waals surface area contributed by atoms with Gasteiger partial charge in [0, 0.05) is 24.1 Å². The Balaban J connectivity index is 2.31. The molecule has 0 radical (unpaired) electrons. The number of fused-ring (bicyclic) bond motifs is 3. The summed E-state index contributed by atoms with van der Waals surface area (Å²) in [5.41, 5.74) is 2.14. The Labute approximate surface area is 105 Å². The normalized spacial score (nSPS) is 16.5. The molecule has 1 aromatic carbocycles. The van der Waals surface area contributed by atoms with Crippen molar-refractivity contribution in [2.24, 2.45) is 7.05 Å². The topological polar surface area (TPSA) is 31.2 Å². The first-order chi connectivity index (χ1) is 8.77. The SMILES string of the molecule is Cn1c(=O)ccc2c3c(ccc21)OCC/C=C\C3. The van der Waals surface area contributed by atoms with Crippen LogP contribution in [0.4, 0.5) is 0 Å². The van der Waals surface area contributed by atoms with Crippen molar-refractivity contribution in [1.29, 1.82) is 0 Å². The molecule has 18 heavy (non-hydrogen) atoms. The van der Waals surface area contributed by atoms with Gasteiger partial charge in [0.15, 0.2) is 0 Å². The molecule has 0 saturated heterocycles. The molecule has 3 rings (SSSR count). The second-order valence-corrected chi connectivity index (χ2v) is 4.52. The van der Waals surface area contributed by atoms with Crippen molar-refractivity contribution in [3.8, 4) is 5.75 Å². The minimum Gasteiger partial charge on any atom is -0.493 e. The summed E-state index contributed by atoms with van der Waals surface area (Å²) >= 11 is 0. The summed E-state index contributed by atoms with van der Waals surface area (Å²) in [6.45, 7) is 0.709. The number of allylic oxidation sites excluding steroid dienone is 1. The van der Waals surface area contributed by atoms with Crippen LogP contribution in [0.15, 0.2) is 41.2 Å². The molecule has 0 N–H and O–H groups in total. The maximum absolute atomic E-state index is 11.6. The molecule has 0 saturated carbocycles. The van der Waals surface area contributed by atoms with Crippen LogP contribution in [0.2, 0.25) is 0 Å². The lowest BCUT2D eigenvalue weighted by Gasteiger charge is -2.15. The maximum atomic E-state index is 11.6. The predicted molar refractivity (Wildman–Crippen MR) is 72.1 cm³/mol. The van der Waals surface area contributed by atoms with Gasteiger partial charge in [0.2, 0.25) is 0 Å². The third kappa shape index (κ3) is 1.72. The molecule has 1 aliphatic rings. The van der Waals surface area contributed by atoms with Gasteiger partial charge in [-0.3, -0.25) is 4.79 Å². The Kier molecular flexibility index (Phi) is 2.67. The largest absolute Gasteiger partial charge is 0.493 e. The fraction of sp³-hybridized carbons (Fsp3) is 0.267. The molecule has 1 aromatic heterocycles. The summed E-state index contributed by atoms with van der Waals surface area (Å²) < 4.78 is 7.45. The van der Waals surface area contributed by atoms with Gasteiger partial charge in [0.1, 0.15) is 5.75 Å². The molecule has 0 aliphatic carbocycles. The Hall–Kier alpha value is -2.03. The van der Waals surface area contributed by atoms with Gasteiger partial charge >= 0.3 is 0 Å². The lowest BCUT2D eigenvalue weighted by atomic mass is 10.0. The zero-order valence-corrected chi connectivity index (χ0v) is 10.3. The standard InChI is InChI=1S/C15H15NO2/c1-16-13-7-8-14-12(5-3-2-4-10-18-14)11(13)6-9-15(16)17/h2-3,6-9H,4-5,10H2,1H3/b3-2-. The van der Waals surface area contributed by atoms with E-state index in [1.807, 2.05) is 18.2 Å². The fourth-order valence-electron chi connectivity index (χ4n) is 2.40. The molecule has 3 heteroatoms. The van der Waals surface area contributed by atoms with Crippen LogP contribution in [0.5, 0.6) is 5.75 Å². The summed E-state index contributed by atoms with van der Waals surface area (Å²) in [4.78, 5) is 11.6. The van der Waals surface area contributed by atoms with Gasteiger partial charge in [0.05, 0.1) is 12.1 Å². The number of aryl methyl sites for hydroxylation is 1.